The molecule has 36 heavy (non-hydrogen) atoms. The van der Waals surface area contributed by atoms with Gasteiger partial charge in [0.05, 0.1) is 0 Å². The monoisotopic (exact) mass is 515 g/mol. The number of rotatable bonds is 3. The van der Waals surface area contributed by atoms with E-state index in [1.54, 1.807) is 0 Å². The average molecular weight is 516 g/mol. The van der Waals surface area contributed by atoms with Gasteiger partial charge >= 0.3 is 5.97 Å². The number of aryl methyl sites for hydroxylation is 1. The molecular weight excluding hydrogens is 480 g/mol. The van der Waals surface area contributed by atoms with Gasteiger partial charge in [-0.2, -0.15) is 0 Å². The second-order valence-corrected chi connectivity index (χ2v) is 16.7. The Hall–Kier alpha value is -2.70. The van der Waals surface area contributed by atoms with Crippen LogP contribution in [0.4, 0.5) is 5.69 Å². The van der Waals surface area contributed by atoms with Crippen molar-refractivity contribution >= 4 is 47.5 Å². The summed E-state index contributed by atoms with van der Waals surface area (Å²) in [5, 5.41) is 12.9. The van der Waals surface area contributed by atoms with Gasteiger partial charge in [0.2, 0.25) is 0 Å². The largest absolute Gasteiger partial charge is 0.477 e. The van der Waals surface area contributed by atoms with Gasteiger partial charge in [0, 0.05) is 54.2 Å². The number of fused-ring (bicyclic) bond motifs is 2. The third-order valence-electron chi connectivity index (χ3n) is 8.60. The van der Waals surface area contributed by atoms with Crippen LogP contribution in [0.2, 0.25) is 13.1 Å². The van der Waals surface area contributed by atoms with Gasteiger partial charge in [-0.1, -0.05) is 19.2 Å². The number of hydrogen-bond acceptors (Lipinski definition) is 3. The second kappa shape index (κ2) is 8.70. The summed E-state index contributed by atoms with van der Waals surface area (Å²) in [5.41, 5.74) is 8.53. The first-order valence-corrected chi connectivity index (χ1v) is 17.1. The van der Waals surface area contributed by atoms with E-state index in [1.165, 1.54) is 75.5 Å². The van der Waals surface area contributed by atoms with Crippen molar-refractivity contribution in [1.29, 1.82) is 0 Å². The molecule has 6 rings (SSSR count). The number of thiophene rings is 1. The van der Waals surface area contributed by atoms with Gasteiger partial charge in [0.25, 0.3) is 0 Å². The molecule has 0 amide bonds. The van der Waals surface area contributed by atoms with E-state index >= 15 is 0 Å². The minimum absolute atomic E-state index is 0.461. The molecule has 1 aromatic carbocycles. The Balaban J connectivity index is 1.63. The maximum absolute atomic E-state index is 12.0. The topological polar surface area (TPSA) is 43.5 Å². The first-order chi connectivity index (χ1) is 17.3. The molecule has 1 aliphatic carbocycles. The Morgan fingerprint density at radius 1 is 1.06 bits per heavy atom. The van der Waals surface area contributed by atoms with Crippen molar-refractivity contribution < 1.29 is 14.5 Å². The Morgan fingerprint density at radius 3 is 2.44 bits per heavy atom. The number of benzene rings is 1. The molecule has 4 aliphatic rings. The molecule has 186 valence electrons. The summed E-state index contributed by atoms with van der Waals surface area (Å²) in [4.78, 5) is 16.1. The van der Waals surface area contributed by atoms with Crippen molar-refractivity contribution in [1.82, 2.24) is 0 Å². The molecule has 0 saturated carbocycles. The van der Waals surface area contributed by atoms with E-state index in [9.17, 15) is 9.90 Å². The molecule has 2 saturated heterocycles. The Morgan fingerprint density at radius 2 is 1.78 bits per heavy atom. The van der Waals surface area contributed by atoms with Crippen molar-refractivity contribution in [2.75, 3.05) is 31.1 Å². The normalized spacial score (nSPS) is 20.7. The zero-order valence-electron chi connectivity index (χ0n) is 21.8. The lowest BCUT2D eigenvalue weighted by molar-refractivity contribution is -0.504. The average Bonchev–Trinajstić information content (AvgIpc) is 3.63. The summed E-state index contributed by atoms with van der Waals surface area (Å²) in [6, 6.07) is 7.11. The minimum atomic E-state index is -2.01. The highest BCUT2D eigenvalue weighted by Crippen LogP contribution is 2.45. The predicted octanol–water partition coefficient (Wildman–Crippen LogP) is 5.68. The van der Waals surface area contributed by atoms with Crippen LogP contribution in [-0.4, -0.2) is 55.6 Å². The first kappa shape index (κ1) is 23.7. The number of anilines is 1. The quantitative estimate of drug-likeness (QED) is 0.423. The van der Waals surface area contributed by atoms with Gasteiger partial charge in [-0.15, -0.1) is 11.3 Å². The standard InChI is InChI=1S/C30H34N2O2SSi/c1-19-27(20(2)35-29(19)30(33)34)28-23-11-9-21(31-13-5-6-14-31)17-25(23)36(3,4)26-18-22(10-12-24(26)28)32-15-7-8-16-32/h9-12,17-18H,5-8,13-16H2,1-4H3/p+1. The highest BCUT2D eigenvalue weighted by atomic mass is 32.1. The van der Waals surface area contributed by atoms with Crippen molar-refractivity contribution in [2.45, 2.75) is 52.6 Å². The van der Waals surface area contributed by atoms with Crippen LogP contribution in [-0.2, 0) is 0 Å². The first-order valence-electron chi connectivity index (χ1n) is 13.3. The van der Waals surface area contributed by atoms with Gasteiger partial charge in [-0.3, -0.25) is 0 Å². The zero-order valence-corrected chi connectivity index (χ0v) is 23.6. The molecule has 4 nitrogen and oxygen atoms in total. The fourth-order valence-corrected chi connectivity index (χ4v) is 10.7. The fourth-order valence-electron chi connectivity index (χ4n) is 6.66. The van der Waals surface area contributed by atoms with Gasteiger partial charge in [-0.25, -0.2) is 9.37 Å². The third-order valence-corrected chi connectivity index (χ3v) is 13.3. The molecular formula is C30H35N2O2SSi+. The number of carbonyl (C=O) groups is 1. The number of carboxylic acids is 1. The Labute approximate surface area is 219 Å². The van der Waals surface area contributed by atoms with E-state index in [2.05, 4.69) is 65.9 Å². The maximum Gasteiger partial charge on any atom is 0.346 e. The minimum Gasteiger partial charge on any atom is -0.477 e. The van der Waals surface area contributed by atoms with E-state index in [0.29, 0.717) is 4.88 Å². The fraction of sp³-hybridized carbons (Fsp3) is 0.400. The van der Waals surface area contributed by atoms with E-state index in [0.717, 1.165) is 42.2 Å². The summed E-state index contributed by atoms with van der Waals surface area (Å²) in [6.07, 6.45) is 12.2. The molecule has 0 atom stereocenters. The van der Waals surface area contributed by atoms with Crippen LogP contribution >= 0.6 is 11.3 Å². The molecule has 0 spiro atoms. The van der Waals surface area contributed by atoms with Crippen LogP contribution in [0.3, 0.4) is 0 Å². The summed E-state index contributed by atoms with van der Waals surface area (Å²) in [6.45, 7) is 13.6. The third kappa shape index (κ3) is 3.60. The zero-order chi connectivity index (χ0) is 25.2. The maximum atomic E-state index is 12.0. The SMILES string of the molecule is Cc1sc(C(=O)O)c(C)c1C1=C2C=CC(=[N+]3CCCC3)C=C2[Si](C)(C)c2cc(N3CCCC3)ccc21. The lowest BCUT2D eigenvalue weighted by atomic mass is 9.87. The van der Waals surface area contributed by atoms with Crippen molar-refractivity contribution in [3.63, 3.8) is 0 Å². The van der Waals surface area contributed by atoms with Crippen molar-refractivity contribution in [3.8, 4) is 0 Å². The summed E-state index contributed by atoms with van der Waals surface area (Å²) in [7, 11) is -2.01. The molecule has 4 heterocycles. The Bertz CT molecular complexity index is 1410. The molecule has 0 unspecified atom stereocenters. The summed E-state index contributed by atoms with van der Waals surface area (Å²) < 4.78 is 2.53. The number of hydrogen-bond donors (Lipinski definition) is 1. The number of nitrogens with zero attached hydrogens (tertiary/aromatic N) is 2. The van der Waals surface area contributed by atoms with Crippen LogP contribution in [0.25, 0.3) is 5.57 Å². The van der Waals surface area contributed by atoms with Crippen molar-refractivity contribution in [3.05, 3.63) is 73.6 Å². The van der Waals surface area contributed by atoms with Crippen LogP contribution in [0.1, 0.15) is 56.9 Å². The van der Waals surface area contributed by atoms with E-state index in [4.69, 9.17) is 0 Å². The summed E-state index contributed by atoms with van der Waals surface area (Å²) in [5.74, 6) is -0.827. The molecule has 0 bridgehead atoms. The van der Waals surface area contributed by atoms with Gasteiger partial charge < -0.3 is 10.0 Å². The van der Waals surface area contributed by atoms with E-state index in [-0.39, 0.29) is 0 Å². The lowest BCUT2D eigenvalue weighted by Crippen LogP contribution is -2.50. The Kier molecular flexibility index (Phi) is 5.72. The lowest BCUT2D eigenvalue weighted by Gasteiger charge is -2.38. The second-order valence-electron chi connectivity index (χ2n) is 11.1. The highest BCUT2D eigenvalue weighted by molar-refractivity contribution is 7.14. The van der Waals surface area contributed by atoms with Crippen LogP contribution in [0, 0.1) is 13.8 Å². The van der Waals surface area contributed by atoms with Crippen molar-refractivity contribution in [2.24, 2.45) is 0 Å². The molecule has 6 heteroatoms. The van der Waals surface area contributed by atoms with E-state index in [1.807, 2.05) is 6.92 Å². The summed E-state index contributed by atoms with van der Waals surface area (Å²) >= 11 is 1.41. The van der Waals surface area contributed by atoms with Crippen LogP contribution < -0.4 is 10.1 Å². The number of allylic oxidation sites excluding steroid dienone is 5. The van der Waals surface area contributed by atoms with E-state index < -0.39 is 14.0 Å². The highest BCUT2D eigenvalue weighted by Gasteiger charge is 2.42. The number of aromatic carboxylic acids is 1. The molecule has 2 fully saturated rings. The number of carboxylic acid groups (broad SMARTS) is 1. The van der Waals surface area contributed by atoms with Crippen LogP contribution in [0.15, 0.2) is 47.2 Å². The molecule has 1 N–H and O–H groups in total. The van der Waals surface area contributed by atoms with Gasteiger partial charge in [0.15, 0.2) is 5.71 Å². The molecule has 1 aromatic heterocycles. The molecule has 2 aromatic rings. The predicted molar refractivity (Wildman–Crippen MR) is 153 cm³/mol. The molecule has 0 radical (unpaired) electrons. The van der Waals surface area contributed by atoms with Gasteiger partial charge in [0.1, 0.15) is 26.0 Å². The smallest absolute Gasteiger partial charge is 0.346 e. The van der Waals surface area contributed by atoms with Crippen LogP contribution in [0.5, 0.6) is 0 Å². The van der Waals surface area contributed by atoms with Gasteiger partial charge in [-0.05, 0) is 77.6 Å². The molecule has 3 aliphatic heterocycles.